The van der Waals surface area contributed by atoms with E-state index in [2.05, 4.69) is 30.0 Å². The molecule has 0 radical (unpaired) electrons. The minimum atomic E-state index is -0.349. The van der Waals surface area contributed by atoms with Crippen LogP contribution in [0.2, 0.25) is 0 Å². The van der Waals surface area contributed by atoms with Gasteiger partial charge in [0.2, 0.25) is 0 Å². The standard InChI is InChI=1S/C23H21FN6O2S/c1-14-6-19(24)17(7-15(14)8-22-29-16(10-28-31)12-33-22)23-18-11-25-21(9-20(18)26-13-27-23)30-2-4-32-5-3-30/h6-7,9,11-13H,2-5,8,10H2,1H3. The van der Waals surface area contributed by atoms with Gasteiger partial charge in [-0.15, -0.1) is 11.3 Å². The van der Waals surface area contributed by atoms with Crippen LogP contribution in [-0.4, -0.2) is 46.2 Å². The maximum atomic E-state index is 15.1. The van der Waals surface area contributed by atoms with Gasteiger partial charge in [-0.25, -0.2) is 24.3 Å². The molecular weight excluding hydrogens is 443 g/mol. The van der Waals surface area contributed by atoms with Crippen LogP contribution in [0.25, 0.3) is 22.2 Å². The number of fused-ring (bicyclic) bond motifs is 1. The molecule has 8 nitrogen and oxygen atoms in total. The number of benzene rings is 1. The molecule has 0 spiro atoms. The zero-order chi connectivity index (χ0) is 22.8. The fraction of sp³-hybridized carbons (Fsp3) is 0.304. The van der Waals surface area contributed by atoms with E-state index in [4.69, 9.17) is 4.74 Å². The number of hydrogen-bond donors (Lipinski definition) is 0. The molecule has 33 heavy (non-hydrogen) atoms. The number of hydrogen-bond acceptors (Lipinski definition) is 9. The van der Waals surface area contributed by atoms with Crippen LogP contribution >= 0.6 is 11.3 Å². The molecule has 10 heteroatoms. The van der Waals surface area contributed by atoms with Crippen molar-refractivity contribution in [1.82, 2.24) is 19.9 Å². The third-order valence-corrected chi connectivity index (χ3v) is 6.59. The smallest absolute Gasteiger partial charge is 0.132 e. The Kier molecular flexibility index (Phi) is 6.01. The molecule has 4 heterocycles. The van der Waals surface area contributed by atoms with Gasteiger partial charge in [0.25, 0.3) is 0 Å². The summed E-state index contributed by atoms with van der Waals surface area (Å²) < 4.78 is 20.5. The topological polar surface area (TPSA) is 93.5 Å². The molecule has 1 saturated heterocycles. The van der Waals surface area contributed by atoms with E-state index >= 15 is 4.39 Å². The first kappa shape index (κ1) is 21.5. The number of halogens is 1. The highest BCUT2D eigenvalue weighted by molar-refractivity contribution is 7.09. The van der Waals surface area contributed by atoms with E-state index in [1.165, 1.54) is 23.7 Å². The molecule has 0 saturated carbocycles. The van der Waals surface area contributed by atoms with Gasteiger partial charge in [0.1, 0.15) is 24.5 Å². The zero-order valence-corrected chi connectivity index (χ0v) is 18.8. The number of morpholine rings is 1. The summed E-state index contributed by atoms with van der Waals surface area (Å²) in [5, 5.41) is 6.25. The van der Waals surface area contributed by atoms with Crippen LogP contribution in [0.4, 0.5) is 10.2 Å². The van der Waals surface area contributed by atoms with Crippen molar-refractivity contribution in [1.29, 1.82) is 0 Å². The minimum Gasteiger partial charge on any atom is -0.378 e. The molecular formula is C23H21FN6O2S. The van der Waals surface area contributed by atoms with Crippen molar-refractivity contribution < 1.29 is 9.13 Å². The number of thiazole rings is 1. The van der Waals surface area contributed by atoms with Gasteiger partial charge in [0.15, 0.2) is 0 Å². The van der Waals surface area contributed by atoms with Crippen molar-refractivity contribution in [2.45, 2.75) is 19.9 Å². The fourth-order valence-corrected chi connectivity index (χ4v) is 4.75. The van der Waals surface area contributed by atoms with Crippen molar-refractivity contribution >= 4 is 28.1 Å². The maximum Gasteiger partial charge on any atom is 0.132 e. The molecule has 3 aromatic heterocycles. The summed E-state index contributed by atoms with van der Waals surface area (Å²) in [7, 11) is 0. The van der Waals surface area contributed by atoms with Crippen molar-refractivity contribution in [3.63, 3.8) is 0 Å². The molecule has 1 aliphatic rings. The van der Waals surface area contributed by atoms with Crippen LogP contribution in [0.3, 0.4) is 0 Å². The van der Waals surface area contributed by atoms with E-state index in [1.807, 2.05) is 24.4 Å². The molecule has 168 valence electrons. The van der Waals surface area contributed by atoms with Gasteiger partial charge >= 0.3 is 0 Å². The van der Waals surface area contributed by atoms with Crippen molar-refractivity contribution in [3.8, 4) is 11.3 Å². The average Bonchev–Trinajstić information content (AvgIpc) is 3.28. The summed E-state index contributed by atoms with van der Waals surface area (Å²) in [5.74, 6) is 0.475. The first-order chi connectivity index (χ1) is 16.1. The third kappa shape index (κ3) is 4.44. The second kappa shape index (κ2) is 9.24. The molecule has 0 unspecified atom stereocenters. The average molecular weight is 465 g/mol. The Balaban J connectivity index is 1.51. The SMILES string of the molecule is Cc1cc(F)c(-c2ncnc3cc(N4CCOCC4)ncc23)cc1Cc1nc(CN=O)cs1. The van der Waals surface area contributed by atoms with Crippen molar-refractivity contribution in [2.24, 2.45) is 5.18 Å². The lowest BCUT2D eigenvalue weighted by atomic mass is 9.98. The highest BCUT2D eigenvalue weighted by Crippen LogP contribution is 2.31. The quantitative estimate of drug-likeness (QED) is 0.393. The third-order valence-electron chi connectivity index (χ3n) is 5.69. The molecule has 0 amide bonds. The Hall–Kier alpha value is -3.37. The Bertz CT molecular complexity index is 1320. The number of aromatic nitrogens is 4. The van der Waals surface area contributed by atoms with E-state index in [-0.39, 0.29) is 12.4 Å². The predicted octanol–water partition coefficient (Wildman–Crippen LogP) is 4.29. The fourth-order valence-electron chi connectivity index (χ4n) is 3.94. The van der Waals surface area contributed by atoms with Gasteiger partial charge in [0, 0.05) is 48.1 Å². The van der Waals surface area contributed by atoms with Gasteiger partial charge in [-0.1, -0.05) is 5.18 Å². The molecule has 1 fully saturated rings. The Morgan fingerprint density at radius 2 is 2.03 bits per heavy atom. The summed E-state index contributed by atoms with van der Waals surface area (Å²) >= 11 is 1.46. The minimum absolute atomic E-state index is 0.0521. The van der Waals surface area contributed by atoms with Crippen LogP contribution < -0.4 is 4.90 Å². The largest absolute Gasteiger partial charge is 0.378 e. The van der Waals surface area contributed by atoms with Gasteiger partial charge in [-0.3, -0.25) is 0 Å². The Labute approximate surface area is 193 Å². The maximum absolute atomic E-state index is 15.1. The number of rotatable bonds is 6. The highest BCUT2D eigenvalue weighted by atomic mass is 32.1. The zero-order valence-electron chi connectivity index (χ0n) is 18.0. The summed E-state index contributed by atoms with van der Waals surface area (Å²) in [6.07, 6.45) is 3.71. The first-order valence-corrected chi connectivity index (χ1v) is 11.5. The molecule has 0 N–H and O–H groups in total. The normalized spacial score (nSPS) is 14.1. The predicted molar refractivity (Wildman–Crippen MR) is 125 cm³/mol. The number of anilines is 1. The van der Waals surface area contributed by atoms with Crippen molar-refractivity contribution in [3.05, 3.63) is 68.7 Å². The lowest BCUT2D eigenvalue weighted by Crippen LogP contribution is -2.36. The molecule has 0 atom stereocenters. The van der Waals surface area contributed by atoms with Crippen LogP contribution in [0.15, 0.2) is 41.3 Å². The molecule has 0 aliphatic carbocycles. The van der Waals surface area contributed by atoms with E-state index in [0.717, 1.165) is 35.0 Å². The lowest BCUT2D eigenvalue weighted by Gasteiger charge is -2.27. The molecule has 5 rings (SSSR count). The number of pyridine rings is 1. The van der Waals surface area contributed by atoms with E-state index < -0.39 is 0 Å². The van der Waals surface area contributed by atoms with E-state index in [0.29, 0.717) is 47.5 Å². The van der Waals surface area contributed by atoms with Crippen molar-refractivity contribution in [2.75, 3.05) is 31.2 Å². The summed E-state index contributed by atoms with van der Waals surface area (Å²) in [4.78, 5) is 30.5. The van der Waals surface area contributed by atoms with Gasteiger partial charge in [-0.2, -0.15) is 4.91 Å². The van der Waals surface area contributed by atoms with Gasteiger partial charge < -0.3 is 9.64 Å². The van der Waals surface area contributed by atoms with Crippen LogP contribution in [0.5, 0.6) is 0 Å². The summed E-state index contributed by atoms with van der Waals surface area (Å²) in [6, 6.07) is 5.26. The number of nitroso groups, excluding NO2 is 1. The van der Waals surface area contributed by atoms with Crippen LogP contribution in [0.1, 0.15) is 21.8 Å². The van der Waals surface area contributed by atoms with Crippen LogP contribution in [0, 0.1) is 17.6 Å². The second-order valence-electron chi connectivity index (χ2n) is 7.84. The molecule has 4 aromatic rings. The molecule has 1 aromatic carbocycles. The Morgan fingerprint density at radius 1 is 1.18 bits per heavy atom. The number of nitrogens with zero attached hydrogens (tertiary/aromatic N) is 6. The number of ether oxygens (including phenoxy) is 1. The molecule has 1 aliphatic heterocycles. The van der Waals surface area contributed by atoms with Gasteiger partial charge in [-0.05, 0) is 30.2 Å². The highest BCUT2D eigenvalue weighted by Gasteiger charge is 2.18. The second-order valence-corrected chi connectivity index (χ2v) is 8.78. The Morgan fingerprint density at radius 3 is 2.85 bits per heavy atom. The molecule has 0 bridgehead atoms. The van der Waals surface area contributed by atoms with Crippen LogP contribution in [-0.2, 0) is 17.7 Å². The number of aryl methyl sites for hydroxylation is 1. The monoisotopic (exact) mass is 464 g/mol. The summed E-state index contributed by atoms with van der Waals surface area (Å²) in [6.45, 7) is 4.80. The van der Waals surface area contributed by atoms with Gasteiger partial charge in [0.05, 0.1) is 35.1 Å². The summed E-state index contributed by atoms with van der Waals surface area (Å²) in [5.41, 5.74) is 4.03. The first-order valence-electron chi connectivity index (χ1n) is 10.6. The van der Waals surface area contributed by atoms with E-state index in [9.17, 15) is 4.91 Å². The lowest BCUT2D eigenvalue weighted by molar-refractivity contribution is 0.122. The van der Waals surface area contributed by atoms with E-state index in [1.54, 1.807) is 6.20 Å².